The third-order valence-corrected chi connectivity index (χ3v) is 4.88. The molecule has 0 aliphatic carbocycles. The molecule has 0 saturated carbocycles. The largest absolute Gasteiger partial charge is 0.573 e. The molecular formula is C17H21F3N2O2. The van der Waals surface area contributed by atoms with Crippen LogP contribution in [0.1, 0.15) is 18.4 Å². The molecule has 2 fully saturated rings. The van der Waals surface area contributed by atoms with E-state index < -0.39 is 6.36 Å². The van der Waals surface area contributed by atoms with Gasteiger partial charge in [-0.1, -0.05) is 12.1 Å². The van der Waals surface area contributed by atoms with Crippen LogP contribution in [-0.2, 0) is 11.2 Å². The number of hydrogen-bond acceptors (Lipinski definition) is 3. The number of alkyl halides is 3. The number of nitrogens with one attached hydrogen (secondary N) is 1. The molecule has 1 aromatic rings. The van der Waals surface area contributed by atoms with Gasteiger partial charge in [0.15, 0.2) is 0 Å². The zero-order valence-corrected chi connectivity index (χ0v) is 13.3. The highest BCUT2D eigenvalue weighted by Crippen LogP contribution is 2.27. The van der Waals surface area contributed by atoms with Crippen LogP contribution >= 0.6 is 0 Å². The monoisotopic (exact) mass is 342 g/mol. The van der Waals surface area contributed by atoms with Gasteiger partial charge in [-0.15, -0.1) is 13.2 Å². The average molecular weight is 342 g/mol. The lowest BCUT2D eigenvalue weighted by atomic mass is 9.92. The Morgan fingerprint density at radius 1 is 1.12 bits per heavy atom. The maximum absolute atomic E-state index is 12.5. The van der Waals surface area contributed by atoms with E-state index in [0.29, 0.717) is 17.4 Å². The van der Waals surface area contributed by atoms with E-state index in [-0.39, 0.29) is 18.1 Å². The number of likely N-dealkylation sites (tertiary alicyclic amines) is 1. The van der Waals surface area contributed by atoms with Crippen LogP contribution in [0.5, 0.6) is 5.75 Å². The second-order valence-electron chi connectivity index (χ2n) is 6.51. The summed E-state index contributed by atoms with van der Waals surface area (Å²) in [5, 5.41) is 3.40. The summed E-state index contributed by atoms with van der Waals surface area (Å²) in [6.45, 7) is 3.59. The molecule has 1 N–H and O–H groups in total. The summed E-state index contributed by atoms with van der Waals surface area (Å²) >= 11 is 0. The third-order valence-electron chi connectivity index (χ3n) is 4.88. The molecular weight excluding hydrogens is 321 g/mol. The van der Waals surface area contributed by atoms with E-state index in [1.807, 2.05) is 4.90 Å². The lowest BCUT2D eigenvalue weighted by Gasteiger charge is -2.21. The van der Waals surface area contributed by atoms with Crippen LogP contribution in [0, 0.1) is 11.8 Å². The van der Waals surface area contributed by atoms with E-state index in [0.717, 1.165) is 39.0 Å². The van der Waals surface area contributed by atoms with Crippen molar-refractivity contribution in [3.63, 3.8) is 0 Å². The summed E-state index contributed by atoms with van der Waals surface area (Å²) in [6.07, 6.45) is -2.46. The van der Waals surface area contributed by atoms with Crippen molar-refractivity contribution < 1.29 is 22.7 Å². The van der Waals surface area contributed by atoms with Crippen molar-refractivity contribution in [3.8, 4) is 5.75 Å². The van der Waals surface area contributed by atoms with Gasteiger partial charge in [0.1, 0.15) is 5.75 Å². The molecule has 2 atom stereocenters. The molecule has 0 bridgehead atoms. The first-order chi connectivity index (χ1) is 11.4. The number of ether oxygens (including phenoxy) is 1. The number of carbonyl (C=O) groups is 1. The molecule has 2 saturated heterocycles. The topological polar surface area (TPSA) is 41.6 Å². The Labute approximate surface area is 139 Å². The second kappa shape index (κ2) is 7.01. The minimum atomic E-state index is -4.70. The third kappa shape index (κ3) is 4.41. The van der Waals surface area contributed by atoms with Gasteiger partial charge >= 0.3 is 6.36 Å². The Bertz CT molecular complexity index is 560. The van der Waals surface area contributed by atoms with Gasteiger partial charge in [-0.25, -0.2) is 0 Å². The average Bonchev–Trinajstić information content (AvgIpc) is 2.86. The van der Waals surface area contributed by atoms with Gasteiger partial charge in [0.25, 0.3) is 0 Å². The fraction of sp³-hybridized carbons (Fsp3) is 0.588. The minimum absolute atomic E-state index is 0.0347. The van der Waals surface area contributed by atoms with E-state index >= 15 is 0 Å². The Morgan fingerprint density at radius 3 is 2.25 bits per heavy atom. The number of amides is 1. The first-order valence-corrected chi connectivity index (χ1v) is 8.24. The number of nitrogens with zero attached hydrogens (tertiary/aromatic N) is 1. The van der Waals surface area contributed by atoms with Gasteiger partial charge in [0.05, 0.1) is 6.42 Å². The van der Waals surface area contributed by atoms with Gasteiger partial charge in [-0.05, 0) is 55.5 Å². The first kappa shape index (κ1) is 17.1. The van der Waals surface area contributed by atoms with Crippen molar-refractivity contribution in [1.82, 2.24) is 10.2 Å². The van der Waals surface area contributed by atoms with Crippen molar-refractivity contribution in [1.29, 1.82) is 0 Å². The number of fused-ring (bicyclic) bond motifs is 1. The molecule has 4 nitrogen and oxygen atoms in total. The quantitative estimate of drug-likeness (QED) is 0.918. The molecule has 0 spiro atoms. The Morgan fingerprint density at radius 2 is 1.71 bits per heavy atom. The van der Waals surface area contributed by atoms with Crippen LogP contribution in [0.2, 0.25) is 0 Å². The van der Waals surface area contributed by atoms with E-state index in [4.69, 9.17) is 0 Å². The van der Waals surface area contributed by atoms with Crippen LogP contribution in [-0.4, -0.2) is 43.3 Å². The highest BCUT2D eigenvalue weighted by atomic mass is 19.4. The fourth-order valence-corrected chi connectivity index (χ4v) is 3.56. The molecule has 2 aliphatic heterocycles. The SMILES string of the molecule is O=C(Cc1ccc(OC(F)(F)F)cc1)N1CC[C@@H]2CNC[C@@H]2CC1. The van der Waals surface area contributed by atoms with Crippen molar-refractivity contribution in [2.75, 3.05) is 26.2 Å². The molecule has 0 aromatic heterocycles. The Kier molecular flexibility index (Phi) is 4.99. The zero-order chi connectivity index (χ0) is 17.2. The van der Waals surface area contributed by atoms with Crippen molar-refractivity contribution in [2.45, 2.75) is 25.6 Å². The molecule has 1 aromatic carbocycles. The Balaban J connectivity index is 1.54. The van der Waals surface area contributed by atoms with E-state index in [1.165, 1.54) is 24.3 Å². The van der Waals surface area contributed by atoms with Crippen LogP contribution in [0.15, 0.2) is 24.3 Å². The zero-order valence-electron chi connectivity index (χ0n) is 13.3. The van der Waals surface area contributed by atoms with Gasteiger partial charge in [0, 0.05) is 13.1 Å². The lowest BCUT2D eigenvalue weighted by molar-refractivity contribution is -0.274. The highest BCUT2D eigenvalue weighted by molar-refractivity contribution is 5.78. The summed E-state index contributed by atoms with van der Waals surface area (Å²) in [4.78, 5) is 14.3. The smallest absolute Gasteiger partial charge is 0.406 e. The Hall–Kier alpha value is -1.76. The number of benzene rings is 1. The first-order valence-electron chi connectivity index (χ1n) is 8.24. The molecule has 132 valence electrons. The number of hydrogen-bond donors (Lipinski definition) is 1. The van der Waals surface area contributed by atoms with E-state index in [1.54, 1.807) is 0 Å². The van der Waals surface area contributed by atoms with Crippen molar-refractivity contribution in [2.24, 2.45) is 11.8 Å². The fourth-order valence-electron chi connectivity index (χ4n) is 3.56. The summed E-state index contributed by atoms with van der Waals surface area (Å²) in [5.41, 5.74) is 0.695. The number of rotatable bonds is 3. The maximum Gasteiger partial charge on any atom is 0.573 e. The predicted molar refractivity (Wildman–Crippen MR) is 82.5 cm³/mol. The van der Waals surface area contributed by atoms with Gasteiger partial charge in [-0.2, -0.15) is 0 Å². The number of carbonyl (C=O) groups excluding carboxylic acids is 1. The van der Waals surface area contributed by atoms with Gasteiger partial charge in [-0.3, -0.25) is 4.79 Å². The molecule has 1 amide bonds. The van der Waals surface area contributed by atoms with Crippen molar-refractivity contribution >= 4 is 5.91 Å². The minimum Gasteiger partial charge on any atom is -0.406 e. The molecule has 7 heteroatoms. The highest BCUT2D eigenvalue weighted by Gasteiger charge is 2.32. The van der Waals surface area contributed by atoms with Crippen molar-refractivity contribution in [3.05, 3.63) is 29.8 Å². The summed E-state index contributed by atoms with van der Waals surface area (Å²) < 4.78 is 40.3. The normalized spacial score (nSPS) is 24.4. The molecule has 24 heavy (non-hydrogen) atoms. The number of halogens is 3. The molecule has 0 radical (unpaired) electrons. The van der Waals surface area contributed by atoms with E-state index in [2.05, 4.69) is 10.1 Å². The standard InChI is InChI=1S/C17H21F3N2O2/c18-17(19,20)24-15-3-1-12(2-4-15)9-16(23)22-7-5-13-10-21-11-14(13)6-8-22/h1-4,13-14,21H,5-11H2/t13-,14+. The van der Waals surface area contributed by atoms with Crippen LogP contribution in [0.3, 0.4) is 0 Å². The van der Waals surface area contributed by atoms with Crippen LogP contribution < -0.4 is 10.1 Å². The van der Waals surface area contributed by atoms with Crippen LogP contribution in [0.25, 0.3) is 0 Å². The van der Waals surface area contributed by atoms with Gasteiger partial charge < -0.3 is 15.0 Å². The summed E-state index contributed by atoms with van der Waals surface area (Å²) in [5.74, 6) is 1.07. The summed E-state index contributed by atoms with van der Waals surface area (Å²) in [7, 11) is 0. The predicted octanol–water partition coefficient (Wildman–Crippen LogP) is 2.59. The van der Waals surface area contributed by atoms with Crippen LogP contribution in [0.4, 0.5) is 13.2 Å². The molecule has 3 rings (SSSR count). The molecule has 2 aliphatic rings. The second-order valence-corrected chi connectivity index (χ2v) is 6.51. The molecule has 0 unspecified atom stereocenters. The maximum atomic E-state index is 12.5. The lowest BCUT2D eigenvalue weighted by Crippen LogP contribution is -2.33. The van der Waals surface area contributed by atoms with E-state index in [9.17, 15) is 18.0 Å². The van der Waals surface area contributed by atoms with Gasteiger partial charge in [0.2, 0.25) is 5.91 Å². The molecule has 2 heterocycles. The summed E-state index contributed by atoms with van der Waals surface area (Å²) in [6, 6.07) is 5.51.